The molecule has 0 saturated heterocycles. The van der Waals surface area contributed by atoms with Crippen LogP contribution in [0.5, 0.6) is 5.75 Å². The monoisotopic (exact) mass is 398 g/mol. The summed E-state index contributed by atoms with van der Waals surface area (Å²) >= 11 is 0. The van der Waals surface area contributed by atoms with Crippen molar-refractivity contribution in [2.24, 2.45) is 5.14 Å². The third kappa shape index (κ3) is 3.93. The van der Waals surface area contributed by atoms with E-state index in [9.17, 15) is 21.6 Å². The summed E-state index contributed by atoms with van der Waals surface area (Å²) in [5.74, 6) is 0.374. The van der Waals surface area contributed by atoms with Crippen molar-refractivity contribution in [2.75, 3.05) is 7.11 Å². The zero-order chi connectivity index (χ0) is 19.8. The molecule has 0 radical (unpaired) electrons. The molecule has 0 unspecified atom stereocenters. The first-order valence-corrected chi connectivity index (χ1v) is 8.94. The number of methoxy groups -OCH3 is 1. The number of hydrogen-bond acceptors (Lipinski definition) is 5. The van der Waals surface area contributed by atoms with E-state index in [-0.39, 0.29) is 22.1 Å². The SMILES string of the molecule is COc1ccc(-c2nc(C(F)(F)F)cn2-c2ccc(S(N)(=O)=O)cc2)nc1. The maximum atomic E-state index is 13.1. The number of imidazole rings is 1. The molecular weight excluding hydrogens is 385 g/mol. The Morgan fingerprint density at radius 3 is 2.26 bits per heavy atom. The summed E-state index contributed by atoms with van der Waals surface area (Å²) in [5, 5.41) is 5.04. The summed E-state index contributed by atoms with van der Waals surface area (Å²) in [5.41, 5.74) is -0.662. The second kappa shape index (κ2) is 6.67. The molecule has 0 aliphatic rings. The molecule has 0 aliphatic carbocycles. The van der Waals surface area contributed by atoms with Gasteiger partial charge in [0.1, 0.15) is 11.4 Å². The molecule has 3 aromatic rings. The van der Waals surface area contributed by atoms with Crippen LogP contribution in [0.3, 0.4) is 0 Å². The highest BCUT2D eigenvalue weighted by molar-refractivity contribution is 7.89. The zero-order valence-corrected chi connectivity index (χ0v) is 14.6. The molecule has 0 saturated carbocycles. The molecule has 0 amide bonds. The van der Waals surface area contributed by atoms with Gasteiger partial charge < -0.3 is 4.74 Å². The highest BCUT2D eigenvalue weighted by Crippen LogP contribution is 2.32. The van der Waals surface area contributed by atoms with E-state index in [1.54, 1.807) is 6.07 Å². The number of primary sulfonamides is 1. The number of benzene rings is 1. The smallest absolute Gasteiger partial charge is 0.434 e. The Labute approximate surface area is 152 Å². The summed E-state index contributed by atoms with van der Waals surface area (Å²) < 4.78 is 68.3. The lowest BCUT2D eigenvalue weighted by molar-refractivity contribution is -0.140. The summed E-state index contributed by atoms with van der Waals surface area (Å²) in [7, 11) is -2.48. The first-order chi connectivity index (χ1) is 12.6. The quantitative estimate of drug-likeness (QED) is 0.728. The van der Waals surface area contributed by atoms with Crippen molar-refractivity contribution >= 4 is 10.0 Å². The van der Waals surface area contributed by atoms with Gasteiger partial charge in [-0.1, -0.05) is 0 Å². The van der Waals surface area contributed by atoms with Crippen molar-refractivity contribution in [3.8, 4) is 23.0 Å². The minimum atomic E-state index is -4.66. The van der Waals surface area contributed by atoms with Crippen molar-refractivity contribution in [3.63, 3.8) is 0 Å². The van der Waals surface area contributed by atoms with E-state index in [1.807, 2.05) is 0 Å². The van der Waals surface area contributed by atoms with Crippen molar-refractivity contribution in [3.05, 3.63) is 54.5 Å². The molecular formula is C16H13F3N4O3S. The molecule has 3 rings (SSSR count). The number of alkyl halides is 3. The minimum Gasteiger partial charge on any atom is -0.495 e. The van der Waals surface area contributed by atoms with Gasteiger partial charge >= 0.3 is 6.18 Å². The maximum Gasteiger partial charge on any atom is 0.434 e. The van der Waals surface area contributed by atoms with Gasteiger partial charge in [0.25, 0.3) is 0 Å². The number of nitrogens with zero attached hydrogens (tertiary/aromatic N) is 3. The average molecular weight is 398 g/mol. The van der Waals surface area contributed by atoms with Gasteiger partial charge in [-0.2, -0.15) is 13.2 Å². The lowest BCUT2D eigenvalue weighted by Crippen LogP contribution is -2.12. The number of rotatable bonds is 4. The summed E-state index contributed by atoms with van der Waals surface area (Å²) in [4.78, 5) is 7.55. The standard InChI is InChI=1S/C16H13F3N4O3S/c1-26-11-4-7-13(21-8-11)15-22-14(16(17,18)19)9-23(15)10-2-5-12(6-3-10)27(20,24)25/h2-9H,1H3,(H2,20,24,25). The molecule has 2 N–H and O–H groups in total. The van der Waals surface area contributed by atoms with E-state index < -0.39 is 21.9 Å². The second-order valence-corrected chi connectivity index (χ2v) is 7.00. The van der Waals surface area contributed by atoms with Gasteiger partial charge in [-0.25, -0.2) is 23.5 Å². The van der Waals surface area contributed by atoms with Crippen LogP contribution in [0.15, 0.2) is 53.7 Å². The van der Waals surface area contributed by atoms with Crippen LogP contribution in [0, 0.1) is 0 Å². The minimum absolute atomic E-state index is 0.0617. The number of sulfonamides is 1. The Balaban J connectivity index is 2.14. The Bertz CT molecular complexity index is 1060. The van der Waals surface area contributed by atoms with Gasteiger partial charge in [0, 0.05) is 11.9 Å². The largest absolute Gasteiger partial charge is 0.495 e. The highest BCUT2D eigenvalue weighted by Gasteiger charge is 2.35. The van der Waals surface area contributed by atoms with Crippen LogP contribution in [-0.4, -0.2) is 30.1 Å². The number of aromatic nitrogens is 3. The second-order valence-electron chi connectivity index (χ2n) is 5.44. The molecule has 2 aromatic heterocycles. The average Bonchev–Trinajstić information content (AvgIpc) is 3.07. The highest BCUT2D eigenvalue weighted by atomic mass is 32.2. The normalized spacial score (nSPS) is 12.2. The van der Waals surface area contributed by atoms with E-state index >= 15 is 0 Å². The van der Waals surface area contributed by atoms with E-state index in [2.05, 4.69) is 9.97 Å². The zero-order valence-electron chi connectivity index (χ0n) is 13.8. The summed E-state index contributed by atoms with van der Waals surface area (Å²) in [6.07, 6.45) is -2.49. The predicted octanol–water partition coefficient (Wildman–Crippen LogP) is 2.61. The molecule has 1 aromatic carbocycles. The Kier molecular flexibility index (Phi) is 4.66. The molecule has 7 nitrogen and oxygen atoms in total. The molecule has 0 fully saturated rings. The predicted molar refractivity (Wildman–Crippen MR) is 89.7 cm³/mol. The molecule has 0 spiro atoms. The fraction of sp³-hybridized carbons (Fsp3) is 0.125. The van der Waals surface area contributed by atoms with E-state index in [0.29, 0.717) is 5.75 Å². The Morgan fingerprint density at radius 2 is 1.78 bits per heavy atom. The molecule has 142 valence electrons. The van der Waals surface area contributed by atoms with E-state index in [1.165, 1.54) is 48.2 Å². The van der Waals surface area contributed by atoms with Crippen LogP contribution in [0.4, 0.5) is 13.2 Å². The van der Waals surface area contributed by atoms with Crippen LogP contribution >= 0.6 is 0 Å². The number of nitrogens with two attached hydrogens (primary N) is 1. The van der Waals surface area contributed by atoms with E-state index in [4.69, 9.17) is 9.88 Å². The molecule has 0 bridgehead atoms. The maximum absolute atomic E-state index is 13.1. The van der Waals surface area contributed by atoms with Gasteiger partial charge in [0.2, 0.25) is 10.0 Å². The molecule has 0 aliphatic heterocycles. The fourth-order valence-electron chi connectivity index (χ4n) is 2.32. The van der Waals surface area contributed by atoms with Crippen LogP contribution in [0.1, 0.15) is 5.69 Å². The van der Waals surface area contributed by atoms with Gasteiger partial charge in [-0.15, -0.1) is 0 Å². The number of halogens is 3. The number of pyridine rings is 1. The Morgan fingerprint density at radius 1 is 1.11 bits per heavy atom. The summed E-state index contributed by atoms with van der Waals surface area (Å²) in [6, 6.07) is 8.06. The molecule has 2 heterocycles. The third-order valence-corrected chi connectivity index (χ3v) is 4.57. The van der Waals surface area contributed by atoms with Gasteiger partial charge in [0.15, 0.2) is 11.5 Å². The lowest BCUT2D eigenvalue weighted by atomic mass is 10.3. The van der Waals surface area contributed by atoms with Crippen molar-refractivity contribution in [1.82, 2.24) is 14.5 Å². The topological polar surface area (TPSA) is 100 Å². The van der Waals surface area contributed by atoms with Crippen molar-refractivity contribution < 1.29 is 26.3 Å². The van der Waals surface area contributed by atoms with E-state index in [0.717, 1.165) is 6.20 Å². The molecule has 27 heavy (non-hydrogen) atoms. The Hall–Kier alpha value is -2.92. The van der Waals surface area contributed by atoms with Gasteiger partial charge in [0.05, 0.1) is 18.2 Å². The summed E-state index contributed by atoms with van der Waals surface area (Å²) in [6.45, 7) is 0. The van der Waals surface area contributed by atoms with Crippen LogP contribution in [0.2, 0.25) is 0 Å². The molecule has 0 atom stereocenters. The van der Waals surface area contributed by atoms with Gasteiger partial charge in [-0.3, -0.25) is 4.57 Å². The van der Waals surface area contributed by atoms with Crippen LogP contribution in [0.25, 0.3) is 17.2 Å². The van der Waals surface area contributed by atoms with Crippen molar-refractivity contribution in [2.45, 2.75) is 11.1 Å². The molecule has 11 heteroatoms. The van der Waals surface area contributed by atoms with Crippen LogP contribution in [-0.2, 0) is 16.2 Å². The van der Waals surface area contributed by atoms with Crippen molar-refractivity contribution in [1.29, 1.82) is 0 Å². The van der Waals surface area contributed by atoms with Crippen LogP contribution < -0.4 is 9.88 Å². The first-order valence-electron chi connectivity index (χ1n) is 7.40. The lowest BCUT2D eigenvalue weighted by Gasteiger charge is -2.08. The van der Waals surface area contributed by atoms with Gasteiger partial charge in [-0.05, 0) is 36.4 Å². The fourth-order valence-corrected chi connectivity index (χ4v) is 2.84. The number of ether oxygens (including phenoxy) is 1. The number of hydrogen-bond donors (Lipinski definition) is 1. The first kappa shape index (κ1) is 18.9. The third-order valence-electron chi connectivity index (χ3n) is 3.64.